The minimum atomic E-state index is -4.04. The van der Waals surface area contributed by atoms with Crippen LogP contribution in [0.5, 0.6) is 0 Å². The van der Waals surface area contributed by atoms with E-state index in [2.05, 4.69) is 0 Å². The molecule has 1 aliphatic rings. The van der Waals surface area contributed by atoms with Gasteiger partial charge in [-0.15, -0.1) is 0 Å². The molecule has 10 heteroatoms. The van der Waals surface area contributed by atoms with Crippen molar-refractivity contribution in [3.05, 3.63) is 33.3 Å². The van der Waals surface area contributed by atoms with Crippen LogP contribution in [0, 0.1) is 10.1 Å². The van der Waals surface area contributed by atoms with Crippen molar-refractivity contribution in [2.24, 2.45) is 0 Å². The molecule has 120 valence electrons. The van der Waals surface area contributed by atoms with E-state index in [1.807, 2.05) is 0 Å². The normalized spacial score (nSPS) is 16.5. The van der Waals surface area contributed by atoms with Crippen molar-refractivity contribution in [2.45, 2.75) is 11.8 Å². The number of hydrogen-bond acceptors (Lipinski definition) is 5. The number of halogens is 1. The summed E-state index contributed by atoms with van der Waals surface area (Å²) >= 11 is 5.77. The molecule has 1 amide bonds. The molecule has 0 N–H and O–H groups in total. The summed E-state index contributed by atoms with van der Waals surface area (Å²) in [6, 6.07) is 3.42. The first-order valence-electron chi connectivity index (χ1n) is 6.43. The third kappa shape index (κ3) is 3.21. The highest BCUT2D eigenvalue weighted by Gasteiger charge is 2.34. The molecule has 1 heterocycles. The van der Waals surface area contributed by atoms with E-state index in [0.717, 1.165) is 16.4 Å². The number of sulfonamides is 1. The first-order chi connectivity index (χ1) is 10.2. The van der Waals surface area contributed by atoms with Crippen molar-refractivity contribution in [2.75, 3.05) is 26.2 Å². The van der Waals surface area contributed by atoms with Crippen molar-refractivity contribution < 1.29 is 18.1 Å². The summed E-state index contributed by atoms with van der Waals surface area (Å²) in [6.07, 6.45) is 0. The molecule has 1 aromatic carbocycles. The summed E-state index contributed by atoms with van der Waals surface area (Å²) in [7, 11) is -4.04. The first kappa shape index (κ1) is 16.7. The molecule has 1 aromatic rings. The fourth-order valence-corrected chi connectivity index (χ4v) is 4.07. The van der Waals surface area contributed by atoms with Crippen LogP contribution >= 0.6 is 11.6 Å². The van der Waals surface area contributed by atoms with Gasteiger partial charge >= 0.3 is 0 Å². The fraction of sp³-hybridized carbons (Fsp3) is 0.417. The maximum absolute atomic E-state index is 12.6. The van der Waals surface area contributed by atoms with Crippen LogP contribution in [0.25, 0.3) is 0 Å². The monoisotopic (exact) mass is 347 g/mol. The topological polar surface area (TPSA) is 101 Å². The second kappa shape index (κ2) is 6.19. The Morgan fingerprint density at radius 3 is 2.36 bits per heavy atom. The smallest absolute Gasteiger partial charge is 0.289 e. The van der Waals surface area contributed by atoms with Gasteiger partial charge in [0, 0.05) is 44.2 Å². The van der Waals surface area contributed by atoms with Gasteiger partial charge in [-0.2, -0.15) is 4.31 Å². The zero-order chi connectivity index (χ0) is 16.5. The number of benzene rings is 1. The Bertz CT molecular complexity index is 713. The molecule has 22 heavy (non-hydrogen) atoms. The van der Waals surface area contributed by atoms with Crippen LogP contribution in [0.4, 0.5) is 5.69 Å². The van der Waals surface area contributed by atoms with Crippen molar-refractivity contribution in [1.82, 2.24) is 9.21 Å². The van der Waals surface area contributed by atoms with E-state index in [4.69, 9.17) is 11.6 Å². The summed E-state index contributed by atoms with van der Waals surface area (Å²) in [4.78, 5) is 22.6. The Hall–Kier alpha value is -1.71. The Balaban J connectivity index is 2.34. The number of rotatable bonds is 3. The number of nitrogens with zero attached hydrogens (tertiary/aromatic N) is 3. The van der Waals surface area contributed by atoms with Gasteiger partial charge in [-0.25, -0.2) is 8.42 Å². The molecule has 1 aliphatic heterocycles. The Labute approximate surface area is 132 Å². The van der Waals surface area contributed by atoms with E-state index in [0.29, 0.717) is 0 Å². The highest BCUT2D eigenvalue weighted by atomic mass is 35.5. The molecule has 0 aromatic heterocycles. The average molecular weight is 348 g/mol. The second-order valence-corrected chi connectivity index (χ2v) is 7.12. The molecular formula is C12H14ClN3O5S. The highest BCUT2D eigenvalue weighted by Crippen LogP contribution is 2.30. The molecule has 0 radical (unpaired) electrons. The van der Waals surface area contributed by atoms with Crippen LogP contribution < -0.4 is 0 Å². The molecular weight excluding hydrogens is 334 g/mol. The van der Waals surface area contributed by atoms with E-state index < -0.39 is 25.5 Å². The standard InChI is InChI=1S/C12H14ClN3O5S/c1-9(17)14-4-6-15(7-5-14)22(20,21)12-8-10(13)2-3-11(12)16(18)19/h2-3,8H,4-7H2,1H3. The van der Waals surface area contributed by atoms with Gasteiger partial charge in [0.25, 0.3) is 5.69 Å². The molecule has 8 nitrogen and oxygen atoms in total. The number of nitro groups is 1. The number of carbonyl (C=O) groups excluding carboxylic acids is 1. The minimum absolute atomic E-state index is 0.0889. The third-order valence-electron chi connectivity index (χ3n) is 3.42. The number of hydrogen-bond donors (Lipinski definition) is 0. The average Bonchev–Trinajstić information content (AvgIpc) is 2.46. The number of carbonyl (C=O) groups is 1. The van der Waals surface area contributed by atoms with Crippen LogP contribution in [0.15, 0.2) is 23.1 Å². The summed E-state index contributed by atoms with van der Waals surface area (Å²) in [5.41, 5.74) is -0.515. The maximum atomic E-state index is 12.6. The molecule has 0 aliphatic carbocycles. The van der Waals surface area contributed by atoms with Gasteiger partial charge in [-0.3, -0.25) is 14.9 Å². The van der Waals surface area contributed by atoms with Crippen molar-refractivity contribution in [3.8, 4) is 0 Å². The molecule has 0 spiro atoms. The molecule has 0 bridgehead atoms. The Morgan fingerprint density at radius 1 is 1.27 bits per heavy atom. The van der Waals surface area contributed by atoms with Crippen LogP contribution in [-0.2, 0) is 14.8 Å². The van der Waals surface area contributed by atoms with Crippen LogP contribution in [0.3, 0.4) is 0 Å². The van der Waals surface area contributed by atoms with E-state index in [-0.39, 0.29) is 37.1 Å². The molecule has 0 saturated carbocycles. The van der Waals surface area contributed by atoms with Crippen LogP contribution in [-0.4, -0.2) is 54.6 Å². The third-order valence-corrected chi connectivity index (χ3v) is 5.58. The summed E-state index contributed by atoms with van der Waals surface area (Å²) in [5.74, 6) is -0.134. The zero-order valence-corrected chi connectivity index (χ0v) is 13.3. The lowest BCUT2D eigenvalue weighted by Crippen LogP contribution is -2.50. The number of piperazine rings is 1. The van der Waals surface area contributed by atoms with Crippen LogP contribution in [0.2, 0.25) is 5.02 Å². The molecule has 1 saturated heterocycles. The first-order valence-corrected chi connectivity index (χ1v) is 8.25. The lowest BCUT2D eigenvalue weighted by Gasteiger charge is -2.33. The lowest BCUT2D eigenvalue weighted by atomic mass is 10.3. The van der Waals surface area contributed by atoms with Gasteiger partial charge in [0.1, 0.15) is 0 Å². The van der Waals surface area contributed by atoms with Crippen molar-refractivity contribution >= 4 is 33.2 Å². The quantitative estimate of drug-likeness (QED) is 0.602. The summed E-state index contributed by atoms with van der Waals surface area (Å²) in [6.45, 7) is 2.09. The molecule has 1 fully saturated rings. The van der Waals surface area contributed by atoms with Gasteiger partial charge in [-0.05, 0) is 12.1 Å². The SMILES string of the molecule is CC(=O)N1CCN(S(=O)(=O)c2cc(Cl)ccc2[N+](=O)[O-])CC1. The maximum Gasteiger partial charge on any atom is 0.289 e. The van der Waals surface area contributed by atoms with E-state index >= 15 is 0 Å². The van der Waals surface area contributed by atoms with E-state index in [9.17, 15) is 23.3 Å². The van der Waals surface area contributed by atoms with Gasteiger partial charge in [-0.1, -0.05) is 11.6 Å². The predicted octanol–water partition coefficient (Wildman–Crippen LogP) is 1.10. The van der Waals surface area contributed by atoms with E-state index in [1.165, 1.54) is 17.9 Å². The van der Waals surface area contributed by atoms with Crippen LogP contribution in [0.1, 0.15) is 6.92 Å². The minimum Gasteiger partial charge on any atom is -0.340 e. The van der Waals surface area contributed by atoms with E-state index in [1.54, 1.807) is 0 Å². The lowest BCUT2D eigenvalue weighted by molar-refractivity contribution is -0.387. The van der Waals surface area contributed by atoms with Crippen molar-refractivity contribution in [1.29, 1.82) is 0 Å². The largest absolute Gasteiger partial charge is 0.340 e. The van der Waals surface area contributed by atoms with Gasteiger partial charge < -0.3 is 4.90 Å². The zero-order valence-electron chi connectivity index (χ0n) is 11.7. The Morgan fingerprint density at radius 2 is 1.86 bits per heavy atom. The summed E-state index contributed by atoms with van der Waals surface area (Å²) < 4.78 is 26.3. The predicted molar refractivity (Wildman–Crippen MR) is 79.1 cm³/mol. The van der Waals surface area contributed by atoms with Gasteiger partial charge in [0.15, 0.2) is 4.90 Å². The molecule has 0 unspecified atom stereocenters. The second-order valence-electron chi connectivity index (χ2n) is 4.78. The number of nitro benzene ring substituents is 1. The highest BCUT2D eigenvalue weighted by molar-refractivity contribution is 7.89. The van der Waals surface area contributed by atoms with Crippen molar-refractivity contribution in [3.63, 3.8) is 0 Å². The van der Waals surface area contributed by atoms with Gasteiger partial charge in [0.2, 0.25) is 15.9 Å². The molecule has 2 rings (SSSR count). The molecule has 0 atom stereocenters. The number of amides is 1. The summed E-state index contributed by atoms with van der Waals surface area (Å²) in [5, 5.41) is 11.1. The van der Waals surface area contributed by atoms with Gasteiger partial charge in [0.05, 0.1) is 4.92 Å². The fourth-order valence-electron chi connectivity index (χ4n) is 2.23. The Kier molecular flexibility index (Phi) is 4.69.